The van der Waals surface area contributed by atoms with Gasteiger partial charge in [0.1, 0.15) is 13.2 Å². The van der Waals surface area contributed by atoms with Gasteiger partial charge in [-0.15, -0.1) is 0 Å². The lowest BCUT2D eigenvalue weighted by molar-refractivity contribution is -0.167. The minimum absolute atomic E-state index is 0.0702. The third-order valence-electron chi connectivity index (χ3n) is 16.2. The minimum Gasteiger partial charge on any atom is -0.462 e. The van der Waals surface area contributed by atoms with Gasteiger partial charge in [0.05, 0.1) is 0 Å². The van der Waals surface area contributed by atoms with Crippen molar-refractivity contribution < 1.29 is 28.6 Å². The topological polar surface area (TPSA) is 78.9 Å². The third-order valence-corrected chi connectivity index (χ3v) is 16.2. The summed E-state index contributed by atoms with van der Waals surface area (Å²) in [7, 11) is 0. The number of unbranched alkanes of at least 4 members (excludes halogenated alkanes) is 44. The molecule has 0 aliphatic carbocycles. The number of rotatable bonds is 67. The summed E-state index contributed by atoms with van der Waals surface area (Å²) in [4.78, 5) is 38.3. The molecule has 1 atom stereocenters. The first-order valence-electron chi connectivity index (χ1n) is 36.4. The fourth-order valence-corrected chi connectivity index (χ4v) is 10.8. The van der Waals surface area contributed by atoms with Crippen molar-refractivity contribution in [2.75, 3.05) is 13.2 Å². The highest BCUT2D eigenvalue weighted by atomic mass is 16.6. The van der Waals surface area contributed by atoms with Gasteiger partial charge in [-0.3, -0.25) is 14.4 Å². The zero-order valence-electron chi connectivity index (χ0n) is 55.5. The molecule has 6 heteroatoms. The zero-order valence-corrected chi connectivity index (χ0v) is 55.5. The molecule has 0 rings (SSSR count). The molecule has 0 spiro atoms. The van der Waals surface area contributed by atoms with Crippen LogP contribution in [0.25, 0.3) is 0 Å². The Labute approximate surface area is 516 Å². The molecule has 0 heterocycles. The molecule has 0 radical (unpaired) electrons. The molecule has 0 saturated heterocycles. The van der Waals surface area contributed by atoms with E-state index in [-0.39, 0.29) is 31.1 Å². The van der Waals surface area contributed by atoms with Gasteiger partial charge in [0.25, 0.3) is 0 Å². The van der Waals surface area contributed by atoms with Gasteiger partial charge in [0, 0.05) is 19.3 Å². The Hall–Kier alpha value is -3.15. The maximum atomic E-state index is 12.9. The summed E-state index contributed by atoms with van der Waals surface area (Å²) < 4.78 is 17.0. The standard InChI is InChI=1S/C77H138O6/c1-4-7-10-13-16-19-21-23-25-27-29-31-33-35-37-38-40-41-43-45-47-49-51-53-55-58-61-64-67-70-76(79)82-73-74(72-81-75(78)69-66-63-60-57-18-15-12-9-6-3)83-77(80)71-68-65-62-59-56-54-52-50-48-46-44-42-39-36-34-32-30-28-26-24-22-20-17-14-11-8-5-2/h7,10,16,19,23,25,28-31,35,37,74H,4-6,8-9,11-15,17-18,20-22,24,26-27,32-34,36,38-73H2,1-3H3/b10-7-,19-16-,25-23-,30-28-,31-29-,37-35-. The lowest BCUT2D eigenvalue weighted by Gasteiger charge is -2.18. The Morgan fingerprint density at radius 3 is 0.747 bits per heavy atom. The molecule has 0 fully saturated rings. The molecule has 0 aliphatic heterocycles. The zero-order chi connectivity index (χ0) is 59.9. The quantitative estimate of drug-likeness (QED) is 0.0261. The first-order valence-corrected chi connectivity index (χ1v) is 36.4. The normalized spacial score (nSPS) is 12.5. The van der Waals surface area contributed by atoms with Gasteiger partial charge in [0.2, 0.25) is 0 Å². The van der Waals surface area contributed by atoms with Crippen LogP contribution in [0.15, 0.2) is 72.9 Å². The van der Waals surface area contributed by atoms with Gasteiger partial charge in [-0.05, 0) is 89.9 Å². The van der Waals surface area contributed by atoms with Crippen molar-refractivity contribution in [1.82, 2.24) is 0 Å². The van der Waals surface area contributed by atoms with E-state index in [1.54, 1.807) is 0 Å². The molecule has 0 aliphatic rings. The summed E-state index contributed by atoms with van der Waals surface area (Å²) in [5.74, 6) is -0.852. The molecule has 0 amide bonds. The number of carbonyl (C=O) groups excluding carboxylic acids is 3. The van der Waals surface area contributed by atoms with Gasteiger partial charge in [-0.2, -0.15) is 0 Å². The lowest BCUT2D eigenvalue weighted by Crippen LogP contribution is -2.30. The Balaban J connectivity index is 4.11. The Bertz CT molecular complexity index is 1520. The van der Waals surface area contributed by atoms with E-state index in [1.165, 1.54) is 250 Å². The second kappa shape index (κ2) is 71.3. The first kappa shape index (κ1) is 79.8. The van der Waals surface area contributed by atoms with Crippen LogP contribution in [0.3, 0.4) is 0 Å². The van der Waals surface area contributed by atoms with Crippen LogP contribution in [-0.2, 0) is 28.6 Å². The summed E-state index contributed by atoms with van der Waals surface area (Å²) in [5.41, 5.74) is 0. The number of hydrogen-bond acceptors (Lipinski definition) is 6. The van der Waals surface area contributed by atoms with Crippen molar-refractivity contribution in [3.05, 3.63) is 72.9 Å². The van der Waals surface area contributed by atoms with Crippen LogP contribution >= 0.6 is 0 Å². The number of allylic oxidation sites excluding steroid dienone is 12. The van der Waals surface area contributed by atoms with E-state index < -0.39 is 6.10 Å². The average Bonchev–Trinajstić information content (AvgIpc) is 3.49. The predicted molar refractivity (Wildman–Crippen MR) is 362 cm³/mol. The Morgan fingerprint density at radius 1 is 0.253 bits per heavy atom. The molecule has 1 unspecified atom stereocenters. The van der Waals surface area contributed by atoms with Gasteiger partial charge in [-0.25, -0.2) is 0 Å². The van der Waals surface area contributed by atoms with E-state index in [4.69, 9.17) is 14.2 Å². The molecule has 83 heavy (non-hydrogen) atoms. The number of esters is 3. The fraction of sp³-hybridized carbons (Fsp3) is 0.805. The Kier molecular flexibility index (Phi) is 68.6. The van der Waals surface area contributed by atoms with Crippen LogP contribution in [0.1, 0.15) is 380 Å². The number of carbonyl (C=O) groups is 3. The monoisotopic (exact) mass is 1160 g/mol. The van der Waals surface area contributed by atoms with Crippen LogP contribution < -0.4 is 0 Å². The van der Waals surface area contributed by atoms with Crippen molar-refractivity contribution in [2.24, 2.45) is 0 Å². The summed E-state index contributed by atoms with van der Waals surface area (Å²) in [6, 6.07) is 0. The molecule has 0 N–H and O–H groups in total. The van der Waals surface area contributed by atoms with Crippen molar-refractivity contribution >= 4 is 17.9 Å². The molecule has 0 bridgehead atoms. The van der Waals surface area contributed by atoms with Gasteiger partial charge in [0.15, 0.2) is 6.10 Å². The second-order valence-corrected chi connectivity index (χ2v) is 24.5. The number of hydrogen-bond donors (Lipinski definition) is 0. The molecular formula is C77H138O6. The third kappa shape index (κ3) is 69.5. The van der Waals surface area contributed by atoms with Crippen LogP contribution in [0.4, 0.5) is 0 Å². The maximum absolute atomic E-state index is 12.9. The number of ether oxygens (including phenoxy) is 3. The van der Waals surface area contributed by atoms with Crippen LogP contribution in [-0.4, -0.2) is 37.2 Å². The SMILES string of the molecule is CC/C=C\C/C=C\C/C=C\C/C=C\C/C=C\CCCCCCCCCCCCCCCC(=O)OCC(COC(=O)CCCCCCCCCCC)OC(=O)CCCCCCCCCCCCCCCCC/C=C\CCCCCCCCCC. The lowest BCUT2D eigenvalue weighted by atomic mass is 10.0. The van der Waals surface area contributed by atoms with Gasteiger partial charge in [-0.1, -0.05) is 344 Å². The van der Waals surface area contributed by atoms with Gasteiger partial charge < -0.3 is 14.2 Å². The van der Waals surface area contributed by atoms with E-state index >= 15 is 0 Å². The van der Waals surface area contributed by atoms with Crippen LogP contribution in [0, 0.1) is 0 Å². The van der Waals surface area contributed by atoms with E-state index in [0.717, 1.165) is 89.9 Å². The summed E-state index contributed by atoms with van der Waals surface area (Å²) in [6.07, 6.45) is 93.8. The highest BCUT2D eigenvalue weighted by Gasteiger charge is 2.19. The van der Waals surface area contributed by atoms with Crippen molar-refractivity contribution in [2.45, 2.75) is 386 Å². The summed E-state index contributed by atoms with van der Waals surface area (Å²) >= 11 is 0. The molecule has 0 aromatic carbocycles. The highest BCUT2D eigenvalue weighted by molar-refractivity contribution is 5.71. The first-order chi connectivity index (χ1) is 41.0. The Morgan fingerprint density at radius 2 is 0.470 bits per heavy atom. The molecular weight excluding hydrogens is 1020 g/mol. The van der Waals surface area contributed by atoms with E-state index in [2.05, 4.69) is 93.7 Å². The largest absolute Gasteiger partial charge is 0.462 e. The van der Waals surface area contributed by atoms with E-state index in [0.29, 0.717) is 19.3 Å². The van der Waals surface area contributed by atoms with Gasteiger partial charge >= 0.3 is 17.9 Å². The van der Waals surface area contributed by atoms with Crippen LogP contribution in [0.2, 0.25) is 0 Å². The van der Waals surface area contributed by atoms with E-state index in [1.807, 2.05) is 0 Å². The van der Waals surface area contributed by atoms with Crippen molar-refractivity contribution in [1.29, 1.82) is 0 Å². The highest BCUT2D eigenvalue weighted by Crippen LogP contribution is 2.18. The second-order valence-electron chi connectivity index (χ2n) is 24.5. The molecule has 0 aromatic rings. The smallest absolute Gasteiger partial charge is 0.306 e. The molecule has 0 saturated carbocycles. The summed E-state index contributed by atoms with van der Waals surface area (Å²) in [6.45, 7) is 6.56. The van der Waals surface area contributed by atoms with Crippen molar-refractivity contribution in [3.63, 3.8) is 0 Å². The fourth-order valence-electron chi connectivity index (χ4n) is 10.8. The van der Waals surface area contributed by atoms with E-state index in [9.17, 15) is 14.4 Å². The van der Waals surface area contributed by atoms with Crippen molar-refractivity contribution in [3.8, 4) is 0 Å². The maximum Gasteiger partial charge on any atom is 0.306 e. The molecule has 482 valence electrons. The molecule has 0 aromatic heterocycles. The average molecular weight is 1160 g/mol. The predicted octanol–water partition coefficient (Wildman–Crippen LogP) is 25.2. The van der Waals surface area contributed by atoms with Crippen LogP contribution in [0.5, 0.6) is 0 Å². The summed E-state index contributed by atoms with van der Waals surface area (Å²) in [5, 5.41) is 0. The molecule has 6 nitrogen and oxygen atoms in total. The minimum atomic E-state index is -0.773.